The van der Waals surface area contributed by atoms with Crippen LogP contribution in [0.25, 0.3) is 10.9 Å². The molecule has 7 nitrogen and oxygen atoms in total. The summed E-state index contributed by atoms with van der Waals surface area (Å²) < 4.78 is 0. The lowest BCUT2D eigenvalue weighted by molar-refractivity contribution is -0.136. The van der Waals surface area contributed by atoms with Crippen molar-refractivity contribution in [2.24, 2.45) is 5.92 Å². The third-order valence-corrected chi connectivity index (χ3v) is 6.83. The molecule has 0 radical (unpaired) electrons. The van der Waals surface area contributed by atoms with Crippen molar-refractivity contribution >= 4 is 40.0 Å². The monoisotopic (exact) mass is 480 g/mol. The van der Waals surface area contributed by atoms with Crippen LogP contribution < -0.4 is 10.5 Å². The second kappa shape index (κ2) is 9.97. The number of anilines is 1. The number of H-pyrrole nitrogens is 1. The molecule has 0 aliphatic carbocycles. The molecule has 34 heavy (non-hydrogen) atoms. The Morgan fingerprint density at radius 2 is 2.00 bits per heavy atom. The standard InChI is InChI=1S/C26H29ClN4O3/c1-4-16(3)19-8-6-7-9-22(19)31-14-17(12-24(31)32)26(34)30(5-2)15-23-28-21-13-18(27)10-11-20(21)25(33)29-23/h6-11,13,16-17H,4-5,12,14-15H2,1-3H3,(H,28,29,33)/t16-,17-/m1/s1. The minimum atomic E-state index is -0.445. The van der Waals surface area contributed by atoms with Crippen LogP contribution in [0.15, 0.2) is 47.3 Å². The highest BCUT2D eigenvalue weighted by atomic mass is 35.5. The maximum atomic E-state index is 13.4. The molecule has 2 aromatic carbocycles. The fourth-order valence-electron chi connectivity index (χ4n) is 4.50. The molecule has 1 N–H and O–H groups in total. The van der Waals surface area contributed by atoms with Crippen LogP contribution in [0.4, 0.5) is 5.69 Å². The molecule has 4 rings (SSSR count). The zero-order chi connectivity index (χ0) is 24.4. The molecule has 0 spiro atoms. The van der Waals surface area contributed by atoms with Gasteiger partial charge in [0.05, 0.1) is 23.4 Å². The number of nitrogens with zero attached hydrogens (tertiary/aromatic N) is 3. The van der Waals surface area contributed by atoms with Crippen molar-refractivity contribution in [3.8, 4) is 0 Å². The van der Waals surface area contributed by atoms with Crippen LogP contribution in [0.1, 0.15) is 50.9 Å². The molecule has 8 heteroatoms. The molecule has 1 fully saturated rings. The van der Waals surface area contributed by atoms with Gasteiger partial charge in [0.2, 0.25) is 11.8 Å². The van der Waals surface area contributed by atoms with Gasteiger partial charge in [-0.1, -0.05) is 43.6 Å². The third kappa shape index (κ3) is 4.71. The van der Waals surface area contributed by atoms with Gasteiger partial charge in [-0.3, -0.25) is 14.4 Å². The Kier molecular flexibility index (Phi) is 7.03. The first-order chi connectivity index (χ1) is 16.3. The number of carbonyl (C=O) groups is 2. The van der Waals surface area contributed by atoms with Crippen LogP contribution >= 0.6 is 11.6 Å². The van der Waals surface area contributed by atoms with E-state index < -0.39 is 5.92 Å². The third-order valence-electron chi connectivity index (χ3n) is 6.60. The van der Waals surface area contributed by atoms with E-state index in [-0.39, 0.29) is 30.3 Å². The van der Waals surface area contributed by atoms with E-state index in [1.165, 1.54) is 0 Å². The lowest BCUT2D eigenvalue weighted by atomic mass is 9.96. The molecule has 1 saturated heterocycles. The molecule has 178 valence electrons. The average Bonchev–Trinajstić information content (AvgIpc) is 3.22. The van der Waals surface area contributed by atoms with Crippen LogP contribution in [-0.2, 0) is 16.1 Å². The second-order valence-electron chi connectivity index (χ2n) is 8.80. The zero-order valence-corrected chi connectivity index (χ0v) is 20.4. The molecule has 1 aliphatic heterocycles. The van der Waals surface area contributed by atoms with E-state index in [1.807, 2.05) is 25.1 Å². The summed E-state index contributed by atoms with van der Waals surface area (Å²) >= 11 is 6.06. The normalized spacial score (nSPS) is 16.8. The van der Waals surface area contributed by atoms with Crippen molar-refractivity contribution in [1.82, 2.24) is 14.9 Å². The second-order valence-corrected chi connectivity index (χ2v) is 9.24. The number of carbonyl (C=O) groups excluding carboxylic acids is 2. The Morgan fingerprint density at radius 3 is 2.74 bits per heavy atom. The van der Waals surface area contributed by atoms with Gasteiger partial charge in [0.15, 0.2) is 0 Å². The summed E-state index contributed by atoms with van der Waals surface area (Å²) in [7, 11) is 0. The van der Waals surface area contributed by atoms with E-state index in [1.54, 1.807) is 28.0 Å². The number of halogens is 1. The van der Waals surface area contributed by atoms with Gasteiger partial charge in [-0.2, -0.15) is 0 Å². The van der Waals surface area contributed by atoms with Crippen molar-refractivity contribution < 1.29 is 9.59 Å². The maximum Gasteiger partial charge on any atom is 0.258 e. The van der Waals surface area contributed by atoms with Gasteiger partial charge in [-0.25, -0.2) is 4.98 Å². The first kappa shape index (κ1) is 24.0. The van der Waals surface area contributed by atoms with Crippen LogP contribution in [0.5, 0.6) is 0 Å². The highest BCUT2D eigenvalue weighted by Gasteiger charge is 2.38. The Labute approximate surface area is 203 Å². The van der Waals surface area contributed by atoms with Crippen LogP contribution in [-0.4, -0.2) is 39.8 Å². The minimum Gasteiger partial charge on any atom is -0.335 e. The van der Waals surface area contributed by atoms with Gasteiger partial charge < -0.3 is 14.8 Å². The first-order valence-electron chi connectivity index (χ1n) is 11.7. The van der Waals surface area contributed by atoms with E-state index in [0.29, 0.717) is 40.8 Å². The summed E-state index contributed by atoms with van der Waals surface area (Å²) in [5, 5.41) is 0.932. The lowest BCUT2D eigenvalue weighted by Crippen LogP contribution is -2.38. The quantitative estimate of drug-likeness (QED) is 0.539. The van der Waals surface area contributed by atoms with E-state index in [0.717, 1.165) is 17.7 Å². The van der Waals surface area contributed by atoms with Crippen molar-refractivity contribution in [3.05, 3.63) is 69.2 Å². The molecule has 2 atom stereocenters. The molecule has 2 heterocycles. The van der Waals surface area contributed by atoms with Crippen molar-refractivity contribution in [2.75, 3.05) is 18.0 Å². The van der Waals surface area contributed by atoms with E-state index >= 15 is 0 Å². The zero-order valence-electron chi connectivity index (χ0n) is 19.7. The fourth-order valence-corrected chi connectivity index (χ4v) is 4.66. The van der Waals surface area contributed by atoms with Gasteiger partial charge in [-0.15, -0.1) is 0 Å². The van der Waals surface area contributed by atoms with Gasteiger partial charge in [0.1, 0.15) is 5.82 Å². The Hall–Kier alpha value is -3.19. The number of amides is 2. The summed E-state index contributed by atoms with van der Waals surface area (Å²) in [5.74, 6) is 0.0952. The van der Waals surface area contributed by atoms with Gasteiger partial charge in [-0.05, 0) is 49.1 Å². The number of para-hydroxylation sites is 1. The minimum absolute atomic E-state index is 0.0444. The van der Waals surface area contributed by atoms with Crippen molar-refractivity contribution in [1.29, 1.82) is 0 Å². The SMILES string of the molecule is CC[C@@H](C)c1ccccc1N1C[C@H](C(=O)N(CC)Cc2nc3cc(Cl)ccc3c(=O)[nH]2)CC1=O. The predicted octanol–water partition coefficient (Wildman–Crippen LogP) is 4.49. The Balaban J connectivity index is 1.54. The molecular formula is C26H29ClN4O3. The first-order valence-corrected chi connectivity index (χ1v) is 12.1. The van der Waals surface area contributed by atoms with Gasteiger partial charge in [0, 0.05) is 30.2 Å². The molecule has 1 aromatic heterocycles. The fraction of sp³-hybridized carbons (Fsp3) is 0.385. The van der Waals surface area contributed by atoms with Gasteiger partial charge >= 0.3 is 0 Å². The smallest absolute Gasteiger partial charge is 0.258 e. The summed E-state index contributed by atoms with van der Waals surface area (Å²) in [6.07, 6.45) is 1.13. The van der Waals surface area contributed by atoms with E-state index in [9.17, 15) is 14.4 Å². The summed E-state index contributed by atoms with van der Waals surface area (Å²) in [6.45, 7) is 7.08. The topological polar surface area (TPSA) is 86.4 Å². The lowest BCUT2D eigenvalue weighted by Gasteiger charge is -2.25. The Morgan fingerprint density at radius 1 is 1.24 bits per heavy atom. The summed E-state index contributed by atoms with van der Waals surface area (Å²) in [5.41, 5.74) is 2.22. The average molecular weight is 481 g/mol. The van der Waals surface area contributed by atoms with Crippen LogP contribution in [0.2, 0.25) is 5.02 Å². The maximum absolute atomic E-state index is 13.4. The van der Waals surface area contributed by atoms with E-state index in [4.69, 9.17) is 11.6 Å². The molecule has 1 aliphatic rings. The summed E-state index contributed by atoms with van der Waals surface area (Å²) in [6, 6.07) is 12.8. The van der Waals surface area contributed by atoms with Gasteiger partial charge in [0.25, 0.3) is 5.56 Å². The molecule has 0 saturated carbocycles. The number of benzene rings is 2. The van der Waals surface area contributed by atoms with E-state index in [2.05, 4.69) is 29.9 Å². The van der Waals surface area contributed by atoms with Crippen molar-refractivity contribution in [3.63, 3.8) is 0 Å². The van der Waals surface area contributed by atoms with Crippen LogP contribution in [0, 0.1) is 5.92 Å². The molecule has 2 amide bonds. The molecule has 3 aromatic rings. The number of rotatable bonds is 7. The van der Waals surface area contributed by atoms with Crippen molar-refractivity contribution in [2.45, 2.75) is 46.1 Å². The molecular weight excluding hydrogens is 452 g/mol. The number of nitrogens with one attached hydrogen (secondary N) is 1. The number of hydrogen-bond acceptors (Lipinski definition) is 4. The summed E-state index contributed by atoms with van der Waals surface area (Å²) in [4.78, 5) is 49.4. The van der Waals surface area contributed by atoms with Crippen LogP contribution in [0.3, 0.4) is 0 Å². The molecule has 0 bridgehead atoms. The highest BCUT2D eigenvalue weighted by Crippen LogP contribution is 2.34. The predicted molar refractivity (Wildman–Crippen MR) is 134 cm³/mol. The highest BCUT2D eigenvalue weighted by molar-refractivity contribution is 6.31. The number of aromatic amines is 1. The molecule has 0 unspecified atom stereocenters. The number of fused-ring (bicyclic) bond motifs is 1. The number of aromatic nitrogens is 2. The number of hydrogen-bond donors (Lipinski definition) is 1. The largest absolute Gasteiger partial charge is 0.335 e. The Bertz CT molecular complexity index is 1290.